The molecule has 0 unspecified atom stereocenters. The Balaban J connectivity index is 2.63. The first-order valence-corrected chi connectivity index (χ1v) is 8.86. The molecule has 0 heterocycles. The maximum Gasteiger partial charge on any atom is 0.408 e. The number of aliphatic hydroxyl groups excluding tert-OH is 1. The quantitative estimate of drug-likeness (QED) is 0.545. The average Bonchev–Trinajstić information content (AvgIpc) is 2.64. The predicted molar refractivity (Wildman–Crippen MR) is 103 cm³/mol. The molecule has 1 rings (SSSR count). The number of nitrogens with one attached hydrogen (secondary N) is 2. The van der Waals surface area contributed by atoms with Crippen LogP contribution >= 0.6 is 0 Å². The van der Waals surface area contributed by atoms with Gasteiger partial charge in [0.25, 0.3) is 0 Å². The summed E-state index contributed by atoms with van der Waals surface area (Å²) >= 11 is 0. The molecule has 0 aliphatic heterocycles. The van der Waals surface area contributed by atoms with Crippen LogP contribution in [0.1, 0.15) is 32.8 Å². The molecule has 0 fully saturated rings. The SMILES string of the molecule is C=CCOC(=O)N[C@H](C(=O)C[C@@H](C)C(=O)Nc1ccc(CO)cc1)C(C)C. The lowest BCUT2D eigenvalue weighted by Gasteiger charge is -2.22. The Morgan fingerprint density at radius 2 is 1.81 bits per heavy atom. The number of carbonyl (C=O) groups excluding carboxylic acids is 3. The van der Waals surface area contributed by atoms with Crippen molar-refractivity contribution in [2.75, 3.05) is 11.9 Å². The van der Waals surface area contributed by atoms with Gasteiger partial charge in [-0.25, -0.2) is 4.79 Å². The second-order valence-corrected chi connectivity index (χ2v) is 6.67. The number of ketones is 1. The van der Waals surface area contributed by atoms with E-state index in [0.29, 0.717) is 5.69 Å². The highest BCUT2D eigenvalue weighted by atomic mass is 16.5. The van der Waals surface area contributed by atoms with Crippen molar-refractivity contribution in [1.29, 1.82) is 0 Å². The molecule has 0 aliphatic rings. The summed E-state index contributed by atoms with van der Waals surface area (Å²) in [4.78, 5) is 36.6. The maximum absolute atomic E-state index is 12.5. The van der Waals surface area contributed by atoms with Gasteiger partial charge in [0.15, 0.2) is 5.78 Å². The molecule has 0 radical (unpaired) electrons. The molecule has 7 heteroatoms. The Bertz CT molecular complexity index is 655. The zero-order valence-electron chi connectivity index (χ0n) is 16.0. The summed E-state index contributed by atoms with van der Waals surface area (Å²) in [5.74, 6) is -1.24. The minimum absolute atomic E-state index is 0.00879. The monoisotopic (exact) mass is 376 g/mol. The molecule has 2 atom stereocenters. The zero-order chi connectivity index (χ0) is 20.4. The topological polar surface area (TPSA) is 105 Å². The third-order valence-corrected chi connectivity index (χ3v) is 3.98. The van der Waals surface area contributed by atoms with Crippen LogP contribution in [0.4, 0.5) is 10.5 Å². The summed E-state index contributed by atoms with van der Waals surface area (Å²) in [6.07, 6.45) is 0.735. The molecular weight excluding hydrogens is 348 g/mol. The normalized spacial score (nSPS) is 12.8. The Morgan fingerprint density at radius 1 is 1.19 bits per heavy atom. The molecule has 0 saturated heterocycles. The van der Waals surface area contributed by atoms with Crippen LogP contribution in [0.3, 0.4) is 0 Å². The van der Waals surface area contributed by atoms with Gasteiger partial charge in [-0.05, 0) is 23.6 Å². The van der Waals surface area contributed by atoms with Gasteiger partial charge >= 0.3 is 6.09 Å². The number of aliphatic hydroxyl groups is 1. The fourth-order valence-electron chi connectivity index (χ4n) is 2.40. The summed E-state index contributed by atoms with van der Waals surface area (Å²) in [6, 6.07) is 6.05. The molecule has 148 valence electrons. The molecule has 0 bridgehead atoms. The lowest BCUT2D eigenvalue weighted by Crippen LogP contribution is -2.45. The highest BCUT2D eigenvalue weighted by molar-refractivity contribution is 5.96. The van der Waals surface area contributed by atoms with E-state index in [1.54, 1.807) is 31.2 Å². The smallest absolute Gasteiger partial charge is 0.408 e. The summed E-state index contributed by atoms with van der Waals surface area (Å²) in [7, 11) is 0. The van der Waals surface area contributed by atoms with Crippen molar-refractivity contribution < 1.29 is 24.2 Å². The van der Waals surface area contributed by atoms with Crippen molar-refractivity contribution in [1.82, 2.24) is 5.32 Å². The molecule has 1 aromatic carbocycles. The van der Waals surface area contributed by atoms with Crippen molar-refractivity contribution >= 4 is 23.5 Å². The summed E-state index contributed by atoms with van der Waals surface area (Å²) in [5.41, 5.74) is 1.33. The van der Waals surface area contributed by atoms with Gasteiger partial charge in [-0.15, -0.1) is 0 Å². The third kappa shape index (κ3) is 7.62. The predicted octanol–water partition coefficient (Wildman–Crippen LogP) is 2.65. The van der Waals surface area contributed by atoms with Gasteiger partial charge < -0.3 is 20.5 Å². The fraction of sp³-hybridized carbons (Fsp3) is 0.450. The third-order valence-electron chi connectivity index (χ3n) is 3.98. The first-order chi connectivity index (χ1) is 12.8. The number of carbonyl (C=O) groups is 3. The van der Waals surface area contributed by atoms with Crippen molar-refractivity contribution in [3.05, 3.63) is 42.5 Å². The number of hydrogen-bond donors (Lipinski definition) is 3. The summed E-state index contributed by atoms with van der Waals surface area (Å²) in [6.45, 7) is 8.71. The number of hydrogen-bond acceptors (Lipinski definition) is 5. The lowest BCUT2D eigenvalue weighted by atomic mass is 9.93. The molecule has 27 heavy (non-hydrogen) atoms. The second kappa shape index (κ2) is 11.1. The Hall–Kier alpha value is -2.67. The molecule has 2 amide bonds. The highest BCUT2D eigenvalue weighted by Crippen LogP contribution is 2.15. The van der Waals surface area contributed by atoms with Gasteiger partial charge in [-0.1, -0.05) is 45.6 Å². The van der Waals surface area contributed by atoms with Crippen LogP contribution in [-0.4, -0.2) is 35.5 Å². The molecule has 0 saturated carbocycles. The molecule has 1 aromatic rings. The maximum atomic E-state index is 12.5. The van der Waals surface area contributed by atoms with E-state index in [-0.39, 0.29) is 37.2 Å². The van der Waals surface area contributed by atoms with Crippen molar-refractivity contribution in [2.45, 2.75) is 39.8 Å². The molecule has 3 N–H and O–H groups in total. The van der Waals surface area contributed by atoms with Gasteiger partial charge in [0.2, 0.25) is 5.91 Å². The molecular formula is C20H28N2O5. The minimum atomic E-state index is -0.735. The Morgan fingerprint density at radius 3 is 2.33 bits per heavy atom. The number of alkyl carbamates (subject to hydrolysis) is 1. The fourth-order valence-corrected chi connectivity index (χ4v) is 2.40. The molecule has 0 aromatic heterocycles. The van der Waals surface area contributed by atoms with Crippen LogP contribution in [0.2, 0.25) is 0 Å². The Labute approximate surface area is 159 Å². The van der Waals surface area contributed by atoms with E-state index in [9.17, 15) is 14.4 Å². The molecule has 0 spiro atoms. The number of Topliss-reactive ketones (excluding diaryl/α,β-unsaturated/α-hetero) is 1. The lowest BCUT2D eigenvalue weighted by molar-refractivity contribution is -0.127. The van der Waals surface area contributed by atoms with E-state index < -0.39 is 18.1 Å². The second-order valence-electron chi connectivity index (χ2n) is 6.67. The zero-order valence-corrected chi connectivity index (χ0v) is 16.0. The van der Waals surface area contributed by atoms with E-state index in [1.165, 1.54) is 6.08 Å². The van der Waals surface area contributed by atoms with Gasteiger partial charge in [0, 0.05) is 18.0 Å². The van der Waals surface area contributed by atoms with Gasteiger partial charge in [0.05, 0.1) is 12.6 Å². The van der Waals surface area contributed by atoms with Crippen molar-refractivity contribution in [3.63, 3.8) is 0 Å². The van der Waals surface area contributed by atoms with Gasteiger partial charge in [-0.3, -0.25) is 9.59 Å². The van der Waals surface area contributed by atoms with E-state index in [4.69, 9.17) is 9.84 Å². The summed E-state index contributed by atoms with van der Waals surface area (Å²) in [5, 5.41) is 14.3. The Kier molecular flexibility index (Phi) is 9.22. The number of amides is 2. The minimum Gasteiger partial charge on any atom is -0.445 e. The standard InChI is InChI=1S/C20H28N2O5/c1-5-10-27-20(26)22-18(13(2)3)17(24)11-14(4)19(25)21-16-8-6-15(12-23)7-9-16/h5-9,13-14,18,23H,1,10-12H2,2-4H3,(H,21,25)(H,22,26)/t14-,18+/m1/s1. The molecule has 7 nitrogen and oxygen atoms in total. The van der Waals surface area contributed by atoms with E-state index >= 15 is 0 Å². The highest BCUT2D eigenvalue weighted by Gasteiger charge is 2.27. The van der Waals surface area contributed by atoms with Crippen LogP contribution in [0, 0.1) is 11.8 Å². The van der Waals surface area contributed by atoms with Gasteiger partial charge in [-0.2, -0.15) is 0 Å². The first kappa shape index (κ1) is 22.4. The van der Waals surface area contributed by atoms with Crippen LogP contribution in [0.5, 0.6) is 0 Å². The summed E-state index contributed by atoms with van der Waals surface area (Å²) < 4.78 is 4.85. The largest absolute Gasteiger partial charge is 0.445 e. The van der Waals surface area contributed by atoms with Crippen LogP contribution in [0.15, 0.2) is 36.9 Å². The number of benzene rings is 1. The number of ether oxygens (including phenoxy) is 1. The van der Waals surface area contributed by atoms with E-state index in [0.717, 1.165) is 5.56 Å². The van der Waals surface area contributed by atoms with Crippen LogP contribution in [-0.2, 0) is 20.9 Å². The van der Waals surface area contributed by atoms with Gasteiger partial charge in [0.1, 0.15) is 6.61 Å². The molecule has 0 aliphatic carbocycles. The first-order valence-electron chi connectivity index (χ1n) is 8.86. The van der Waals surface area contributed by atoms with Crippen molar-refractivity contribution in [3.8, 4) is 0 Å². The van der Waals surface area contributed by atoms with E-state index in [1.807, 2.05) is 13.8 Å². The van der Waals surface area contributed by atoms with Crippen LogP contribution < -0.4 is 10.6 Å². The number of anilines is 1. The average molecular weight is 376 g/mol. The van der Waals surface area contributed by atoms with E-state index in [2.05, 4.69) is 17.2 Å². The van der Waals surface area contributed by atoms with Crippen molar-refractivity contribution in [2.24, 2.45) is 11.8 Å². The van der Waals surface area contributed by atoms with Crippen LogP contribution in [0.25, 0.3) is 0 Å². The number of rotatable bonds is 10.